The summed E-state index contributed by atoms with van der Waals surface area (Å²) < 4.78 is 40.4. The minimum Gasteiger partial charge on any atom is -0.384 e. The Hall–Kier alpha value is -2.78. The lowest BCUT2D eigenvalue weighted by Gasteiger charge is -2.33. The summed E-state index contributed by atoms with van der Waals surface area (Å²) in [6.45, 7) is 5.32. The first-order valence-electron chi connectivity index (χ1n) is 12.4. The van der Waals surface area contributed by atoms with Crippen molar-refractivity contribution in [3.8, 4) is 0 Å². The Balaban J connectivity index is 1.55. The van der Waals surface area contributed by atoms with Crippen LogP contribution in [0.15, 0.2) is 80.7 Å². The van der Waals surface area contributed by atoms with Gasteiger partial charge < -0.3 is 5.32 Å². The largest absolute Gasteiger partial charge is 0.416 e. The Bertz CT molecular complexity index is 1190. The van der Waals surface area contributed by atoms with Gasteiger partial charge in [-0.2, -0.15) is 13.2 Å². The van der Waals surface area contributed by atoms with Crippen molar-refractivity contribution >= 4 is 27.9 Å². The monoisotopic (exact) mass is 573 g/mol. The molecule has 0 amide bonds. The number of alkyl halides is 3. The lowest BCUT2D eigenvalue weighted by molar-refractivity contribution is -0.137. The quantitative estimate of drug-likeness (QED) is 0.427. The van der Waals surface area contributed by atoms with Gasteiger partial charge in [0.1, 0.15) is 0 Å². The van der Waals surface area contributed by atoms with E-state index < -0.39 is 11.7 Å². The van der Waals surface area contributed by atoms with Crippen molar-refractivity contribution in [1.29, 1.82) is 0 Å². The van der Waals surface area contributed by atoms with Crippen LogP contribution in [0.1, 0.15) is 42.9 Å². The average molecular weight is 574 g/mol. The highest BCUT2D eigenvalue weighted by atomic mass is 79.9. The van der Waals surface area contributed by atoms with Gasteiger partial charge in [-0.05, 0) is 71.6 Å². The van der Waals surface area contributed by atoms with E-state index in [0.717, 1.165) is 65.6 Å². The van der Waals surface area contributed by atoms with Gasteiger partial charge in [0, 0.05) is 68.5 Å². The lowest BCUT2D eigenvalue weighted by atomic mass is 9.91. The maximum atomic E-state index is 13.2. The van der Waals surface area contributed by atoms with E-state index in [-0.39, 0.29) is 5.92 Å². The van der Waals surface area contributed by atoms with Gasteiger partial charge in [-0.25, -0.2) is 0 Å². The number of aromatic nitrogens is 1. The van der Waals surface area contributed by atoms with E-state index in [9.17, 15) is 13.2 Å². The third kappa shape index (κ3) is 8.10. The zero-order valence-electron chi connectivity index (χ0n) is 20.8. The van der Waals surface area contributed by atoms with Crippen LogP contribution in [0.25, 0.3) is 0 Å². The topological polar surface area (TPSA) is 52.9 Å². The highest BCUT2D eigenvalue weighted by Gasteiger charge is 2.31. The number of hydrogen-bond acceptors (Lipinski definition) is 5. The maximum absolute atomic E-state index is 13.2. The van der Waals surface area contributed by atoms with Gasteiger partial charge in [-0.1, -0.05) is 24.3 Å². The molecular formula is C28H31BrF3N5. The highest BCUT2D eigenvalue weighted by molar-refractivity contribution is 9.12. The van der Waals surface area contributed by atoms with Crippen molar-refractivity contribution in [2.75, 3.05) is 19.6 Å². The maximum Gasteiger partial charge on any atom is 0.416 e. The van der Waals surface area contributed by atoms with Crippen molar-refractivity contribution in [2.24, 2.45) is 15.9 Å². The molecule has 1 N–H and O–H groups in total. The molecule has 4 rings (SSSR count). The molecule has 1 aromatic carbocycles. The summed E-state index contributed by atoms with van der Waals surface area (Å²) in [6, 6.07) is 9.59. The molecular weight excluding hydrogens is 543 g/mol. The number of pyridine rings is 1. The third-order valence-electron chi connectivity index (χ3n) is 6.51. The van der Waals surface area contributed by atoms with Crippen molar-refractivity contribution in [1.82, 2.24) is 15.2 Å². The Labute approximate surface area is 224 Å². The first-order valence-corrected chi connectivity index (χ1v) is 13.2. The predicted octanol–water partition coefficient (Wildman–Crippen LogP) is 6.53. The number of aliphatic imine (C=N–C) groups is 2. The summed E-state index contributed by atoms with van der Waals surface area (Å²) in [7, 11) is 0. The standard InChI is InChI=1S/C28H31BrF3N5/c1-20-26(29)17-34-11-9-25(35-16-22-6-3-10-33-15-22)14-27(36-20)23-7-4-12-37(19-23)18-21-5-2-8-24(13-21)28(30,31)32/h2-3,5-6,8,10,13-15,17,23,35H,4,7,9,11-12,16,18-19H2,1H3/b25-14+,26-20-,34-17?,36-27-. The second kappa shape index (κ2) is 12.6. The number of benzene rings is 1. The molecule has 1 unspecified atom stereocenters. The highest BCUT2D eigenvalue weighted by Crippen LogP contribution is 2.30. The number of nitrogens with one attached hydrogen (secondary N) is 1. The van der Waals surface area contributed by atoms with Gasteiger partial charge >= 0.3 is 6.18 Å². The average Bonchev–Trinajstić information content (AvgIpc) is 2.89. The van der Waals surface area contributed by atoms with Crippen molar-refractivity contribution in [3.05, 3.63) is 87.4 Å². The van der Waals surface area contributed by atoms with Crippen LogP contribution in [0, 0.1) is 5.92 Å². The molecule has 1 aromatic heterocycles. The van der Waals surface area contributed by atoms with Crippen LogP contribution in [0.5, 0.6) is 0 Å². The molecule has 2 aliphatic rings. The van der Waals surface area contributed by atoms with Gasteiger partial charge in [0.15, 0.2) is 0 Å². The number of piperidine rings is 1. The van der Waals surface area contributed by atoms with E-state index >= 15 is 0 Å². The molecule has 0 aliphatic carbocycles. The Morgan fingerprint density at radius 2 is 2.00 bits per heavy atom. The second-order valence-corrected chi connectivity index (χ2v) is 10.3. The van der Waals surface area contributed by atoms with Gasteiger partial charge in [0.25, 0.3) is 0 Å². The van der Waals surface area contributed by atoms with Crippen LogP contribution >= 0.6 is 15.9 Å². The van der Waals surface area contributed by atoms with Crippen molar-refractivity contribution in [2.45, 2.75) is 45.5 Å². The number of halogens is 4. The zero-order chi connectivity index (χ0) is 26.3. The minimum atomic E-state index is -4.34. The molecule has 37 heavy (non-hydrogen) atoms. The fourth-order valence-electron chi connectivity index (χ4n) is 4.56. The molecule has 5 nitrogen and oxygen atoms in total. The van der Waals surface area contributed by atoms with Crippen LogP contribution in [-0.2, 0) is 19.3 Å². The van der Waals surface area contributed by atoms with Crippen LogP contribution in [-0.4, -0.2) is 41.4 Å². The minimum absolute atomic E-state index is 0.168. The number of hydrogen-bond donors (Lipinski definition) is 1. The second-order valence-electron chi connectivity index (χ2n) is 9.41. The van der Waals surface area contributed by atoms with Gasteiger partial charge in [0.05, 0.1) is 15.7 Å². The van der Waals surface area contributed by atoms with Crippen molar-refractivity contribution in [3.63, 3.8) is 0 Å². The van der Waals surface area contributed by atoms with E-state index in [0.29, 0.717) is 25.2 Å². The summed E-state index contributed by atoms with van der Waals surface area (Å²) in [5.41, 5.74) is 4.04. The van der Waals surface area contributed by atoms with Crippen molar-refractivity contribution < 1.29 is 13.2 Å². The summed E-state index contributed by atoms with van der Waals surface area (Å²) in [6.07, 6.45) is 5.89. The van der Waals surface area contributed by atoms with Crippen LogP contribution in [0.4, 0.5) is 13.2 Å². The molecule has 9 heteroatoms. The lowest BCUT2D eigenvalue weighted by Crippen LogP contribution is -2.38. The molecule has 196 valence electrons. The van der Waals surface area contributed by atoms with Gasteiger partial charge in [0.2, 0.25) is 0 Å². The summed E-state index contributed by atoms with van der Waals surface area (Å²) in [4.78, 5) is 15.9. The SMILES string of the molecule is CC1=C(\Br)C=NCC\C(NCc2cccnc2)=C/C(C2CCCN(Cc3cccc(C(F)(F)F)c3)C2)=N/1. The fourth-order valence-corrected chi connectivity index (χ4v) is 4.80. The number of allylic oxidation sites excluding steroid dienone is 3. The van der Waals surface area contributed by atoms with Gasteiger partial charge in [-0.15, -0.1) is 0 Å². The molecule has 0 saturated carbocycles. The fraction of sp³-hybridized carbons (Fsp3) is 0.393. The molecule has 0 radical (unpaired) electrons. The Kier molecular flexibility index (Phi) is 9.32. The molecule has 0 spiro atoms. The first-order chi connectivity index (χ1) is 17.8. The molecule has 3 heterocycles. The van der Waals surface area contributed by atoms with Crippen LogP contribution in [0.3, 0.4) is 0 Å². The molecule has 1 atom stereocenters. The molecule has 1 fully saturated rings. The van der Waals surface area contributed by atoms with E-state index in [2.05, 4.69) is 42.2 Å². The van der Waals surface area contributed by atoms with E-state index in [1.54, 1.807) is 18.5 Å². The van der Waals surface area contributed by atoms with E-state index in [1.165, 1.54) is 12.1 Å². The third-order valence-corrected chi connectivity index (χ3v) is 7.28. The number of rotatable bonds is 6. The van der Waals surface area contributed by atoms with E-state index in [4.69, 9.17) is 4.99 Å². The summed E-state index contributed by atoms with van der Waals surface area (Å²) >= 11 is 3.58. The molecule has 1 saturated heterocycles. The normalized spacial score (nSPS) is 24.6. The van der Waals surface area contributed by atoms with Gasteiger partial charge in [-0.3, -0.25) is 19.9 Å². The number of likely N-dealkylation sites (tertiary alicyclic amines) is 1. The first kappa shape index (κ1) is 27.3. The summed E-state index contributed by atoms with van der Waals surface area (Å²) in [5, 5.41) is 3.54. The summed E-state index contributed by atoms with van der Waals surface area (Å²) in [5.74, 6) is 0.168. The molecule has 0 bridgehead atoms. The van der Waals surface area contributed by atoms with Crippen LogP contribution < -0.4 is 5.32 Å². The Morgan fingerprint density at radius 1 is 1.16 bits per heavy atom. The van der Waals surface area contributed by atoms with Crippen LogP contribution in [0.2, 0.25) is 0 Å². The number of nitrogens with zero attached hydrogens (tertiary/aromatic N) is 4. The molecule has 2 aromatic rings. The van der Waals surface area contributed by atoms with E-state index in [1.807, 2.05) is 25.3 Å². The zero-order valence-corrected chi connectivity index (χ0v) is 22.4. The predicted molar refractivity (Wildman–Crippen MR) is 146 cm³/mol. The Morgan fingerprint density at radius 3 is 2.78 bits per heavy atom. The smallest absolute Gasteiger partial charge is 0.384 e. The molecule has 2 aliphatic heterocycles.